The van der Waals surface area contributed by atoms with Crippen molar-refractivity contribution in [2.24, 2.45) is 0 Å². The Labute approximate surface area is 184 Å². The second-order valence-corrected chi connectivity index (χ2v) is 8.76. The molecule has 0 unspecified atom stereocenters. The number of aromatic nitrogens is 3. The molecular weight excluding hydrogens is 410 g/mol. The Hall–Kier alpha value is -3.13. The molecule has 8 heteroatoms. The molecule has 0 bridgehead atoms. The highest BCUT2D eigenvalue weighted by atomic mass is 32.2. The van der Waals surface area contributed by atoms with Gasteiger partial charge in [0, 0.05) is 35.9 Å². The summed E-state index contributed by atoms with van der Waals surface area (Å²) in [5, 5.41) is 12.4. The highest BCUT2D eigenvalue weighted by Gasteiger charge is 2.31. The van der Waals surface area contributed by atoms with Crippen LogP contribution in [0.4, 0.5) is 11.4 Å². The van der Waals surface area contributed by atoms with Crippen LogP contribution in [-0.4, -0.2) is 38.9 Å². The first-order chi connectivity index (χ1) is 15.2. The number of nitrogens with one attached hydrogen (secondary N) is 1. The second-order valence-electron chi connectivity index (χ2n) is 7.82. The zero-order valence-corrected chi connectivity index (χ0v) is 17.8. The Kier molecular flexibility index (Phi) is 5.46. The topological polar surface area (TPSA) is 80.1 Å². The Morgan fingerprint density at radius 3 is 2.61 bits per heavy atom. The molecule has 3 aromatic rings. The van der Waals surface area contributed by atoms with Gasteiger partial charge in [0.1, 0.15) is 5.82 Å². The maximum absolute atomic E-state index is 12.6. The molecule has 31 heavy (non-hydrogen) atoms. The minimum atomic E-state index is -0.120. The first kappa shape index (κ1) is 19.8. The van der Waals surface area contributed by atoms with Gasteiger partial charge in [0.2, 0.25) is 11.8 Å². The number of amides is 2. The van der Waals surface area contributed by atoms with Crippen LogP contribution in [0.1, 0.15) is 37.4 Å². The Morgan fingerprint density at radius 2 is 1.87 bits per heavy atom. The van der Waals surface area contributed by atoms with Crippen LogP contribution in [0.25, 0.3) is 5.69 Å². The molecule has 1 saturated carbocycles. The molecule has 0 radical (unpaired) electrons. The lowest BCUT2D eigenvalue weighted by Gasteiger charge is -2.16. The summed E-state index contributed by atoms with van der Waals surface area (Å²) in [4.78, 5) is 26.4. The highest BCUT2D eigenvalue weighted by Crippen LogP contribution is 2.41. The van der Waals surface area contributed by atoms with Gasteiger partial charge in [-0.15, -0.1) is 10.2 Å². The van der Waals surface area contributed by atoms with E-state index in [4.69, 9.17) is 0 Å². The van der Waals surface area contributed by atoms with E-state index in [1.54, 1.807) is 4.90 Å². The van der Waals surface area contributed by atoms with Crippen LogP contribution in [0.2, 0.25) is 0 Å². The fourth-order valence-corrected chi connectivity index (χ4v) is 4.56. The van der Waals surface area contributed by atoms with Crippen molar-refractivity contribution in [3.8, 4) is 5.69 Å². The van der Waals surface area contributed by atoms with Gasteiger partial charge in [-0.05, 0) is 49.6 Å². The summed E-state index contributed by atoms with van der Waals surface area (Å²) in [7, 11) is 0. The maximum Gasteiger partial charge on any atom is 0.234 e. The maximum atomic E-state index is 12.6. The van der Waals surface area contributed by atoms with Crippen LogP contribution in [0.15, 0.2) is 59.8 Å². The Bertz CT molecular complexity index is 1110. The van der Waals surface area contributed by atoms with Gasteiger partial charge in [-0.2, -0.15) is 0 Å². The van der Waals surface area contributed by atoms with Crippen molar-refractivity contribution in [3.05, 3.63) is 60.4 Å². The van der Waals surface area contributed by atoms with E-state index in [1.807, 2.05) is 54.6 Å². The fraction of sp³-hybridized carbons (Fsp3) is 0.304. The lowest BCUT2D eigenvalue weighted by Crippen LogP contribution is -2.23. The van der Waals surface area contributed by atoms with E-state index in [2.05, 4.69) is 20.1 Å². The third-order valence-corrected chi connectivity index (χ3v) is 6.39. The van der Waals surface area contributed by atoms with Crippen LogP contribution in [0.3, 0.4) is 0 Å². The van der Waals surface area contributed by atoms with Gasteiger partial charge in [0.15, 0.2) is 5.16 Å². The van der Waals surface area contributed by atoms with Gasteiger partial charge < -0.3 is 10.2 Å². The average Bonchev–Trinajstić information content (AvgIpc) is 3.40. The zero-order valence-electron chi connectivity index (χ0n) is 17.0. The second kappa shape index (κ2) is 8.55. The van der Waals surface area contributed by atoms with Gasteiger partial charge in [0.25, 0.3) is 0 Å². The smallest absolute Gasteiger partial charge is 0.234 e. The number of carbonyl (C=O) groups excluding carboxylic acids is 2. The quantitative estimate of drug-likeness (QED) is 0.570. The van der Waals surface area contributed by atoms with Gasteiger partial charge >= 0.3 is 0 Å². The standard InChI is InChI=1S/C23H23N5O2S/c29-20(24-17-6-4-9-19(14-17)27-13-5-10-21(27)30)15-31-23-26-25-22(16-11-12-16)28(23)18-7-2-1-3-8-18/h1-4,6-9,14,16H,5,10-13,15H2,(H,24,29). The third kappa shape index (κ3) is 4.34. The molecular formula is C23H23N5O2S. The largest absolute Gasteiger partial charge is 0.325 e. The SMILES string of the molecule is O=C(CSc1nnc(C2CC2)n1-c1ccccc1)Nc1cccc(N2CCCC2=O)c1. The highest BCUT2D eigenvalue weighted by molar-refractivity contribution is 7.99. The molecule has 1 aromatic heterocycles. The summed E-state index contributed by atoms with van der Waals surface area (Å²) >= 11 is 1.38. The molecule has 1 saturated heterocycles. The van der Waals surface area contributed by atoms with E-state index < -0.39 is 0 Å². The summed E-state index contributed by atoms with van der Waals surface area (Å²) in [6, 6.07) is 17.5. The van der Waals surface area contributed by atoms with Crippen LogP contribution >= 0.6 is 11.8 Å². The minimum absolute atomic E-state index is 0.120. The van der Waals surface area contributed by atoms with Crippen molar-refractivity contribution in [1.29, 1.82) is 0 Å². The summed E-state index contributed by atoms with van der Waals surface area (Å²) in [6.07, 6.45) is 3.72. The number of carbonyl (C=O) groups is 2. The Balaban J connectivity index is 1.27. The number of thioether (sulfide) groups is 1. The molecule has 1 aliphatic carbocycles. The predicted octanol–water partition coefficient (Wildman–Crippen LogP) is 4.00. The molecule has 1 aliphatic heterocycles. The number of nitrogens with zero attached hydrogens (tertiary/aromatic N) is 4. The van der Waals surface area contributed by atoms with Gasteiger partial charge in [-0.25, -0.2) is 0 Å². The van der Waals surface area contributed by atoms with Gasteiger partial charge in [-0.1, -0.05) is 36.0 Å². The molecule has 2 amide bonds. The van der Waals surface area contributed by atoms with E-state index in [9.17, 15) is 9.59 Å². The van der Waals surface area contributed by atoms with Gasteiger partial charge in [-0.3, -0.25) is 14.2 Å². The van der Waals surface area contributed by atoms with Crippen LogP contribution in [0, 0.1) is 0 Å². The number of hydrogen-bond donors (Lipinski definition) is 1. The zero-order chi connectivity index (χ0) is 21.2. The molecule has 1 N–H and O–H groups in total. The minimum Gasteiger partial charge on any atom is -0.325 e. The van der Waals surface area contributed by atoms with Crippen molar-refractivity contribution in [3.63, 3.8) is 0 Å². The lowest BCUT2D eigenvalue weighted by atomic mass is 10.2. The van der Waals surface area contributed by atoms with Crippen LogP contribution < -0.4 is 10.2 Å². The number of benzene rings is 2. The van der Waals surface area contributed by atoms with E-state index in [0.29, 0.717) is 18.0 Å². The molecule has 0 atom stereocenters. The predicted molar refractivity (Wildman–Crippen MR) is 121 cm³/mol. The Morgan fingerprint density at radius 1 is 1.06 bits per heavy atom. The first-order valence-corrected chi connectivity index (χ1v) is 11.5. The van der Waals surface area contributed by atoms with Crippen molar-refractivity contribution in [2.45, 2.75) is 36.8 Å². The lowest BCUT2D eigenvalue weighted by molar-refractivity contribution is -0.117. The van der Waals surface area contributed by atoms with Gasteiger partial charge in [0.05, 0.1) is 5.75 Å². The summed E-state index contributed by atoms with van der Waals surface area (Å²) in [5.41, 5.74) is 2.53. The summed E-state index contributed by atoms with van der Waals surface area (Å²) in [6.45, 7) is 0.727. The molecule has 2 aliphatic rings. The molecule has 2 aromatic carbocycles. The van der Waals surface area contributed by atoms with Crippen molar-refractivity contribution >= 4 is 35.0 Å². The van der Waals surface area contributed by atoms with Crippen molar-refractivity contribution < 1.29 is 9.59 Å². The number of hydrogen-bond acceptors (Lipinski definition) is 5. The van der Waals surface area contributed by atoms with E-state index in [0.717, 1.165) is 48.2 Å². The van der Waals surface area contributed by atoms with E-state index in [-0.39, 0.29) is 17.6 Å². The fourth-order valence-electron chi connectivity index (χ4n) is 3.80. The first-order valence-electron chi connectivity index (χ1n) is 10.5. The number of para-hydroxylation sites is 1. The average molecular weight is 434 g/mol. The molecule has 158 valence electrons. The van der Waals surface area contributed by atoms with Crippen LogP contribution in [0.5, 0.6) is 0 Å². The van der Waals surface area contributed by atoms with Crippen molar-refractivity contribution in [1.82, 2.24) is 14.8 Å². The van der Waals surface area contributed by atoms with Crippen molar-refractivity contribution in [2.75, 3.05) is 22.5 Å². The number of anilines is 2. The molecule has 5 rings (SSSR count). The summed E-state index contributed by atoms with van der Waals surface area (Å²) < 4.78 is 2.06. The third-order valence-electron chi connectivity index (χ3n) is 5.46. The molecule has 2 fully saturated rings. The monoisotopic (exact) mass is 433 g/mol. The molecule has 7 nitrogen and oxygen atoms in total. The van der Waals surface area contributed by atoms with E-state index >= 15 is 0 Å². The van der Waals surface area contributed by atoms with E-state index in [1.165, 1.54) is 11.8 Å². The molecule has 2 heterocycles. The normalized spacial score (nSPS) is 16.0. The molecule has 0 spiro atoms. The van der Waals surface area contributed by atoms with Crippen LogP contribution in [-0.2, 0) is 9.59 Å². The number of rotatable bonds is 7. The summed E-state index contributed by atoms with van der Waals surface area (Å²) in [5.74, 6) is 1.66.